The Morgan fingerprint density at radius 3 is 2.38 bits per heavy atom. The quantitative estimate of drug-likeness (QED) is 0.0529. The first-order chi connectivity index (χ1) is 21.4. The predicted octanol–water partition coefficient (Wildman–Crippen LogP) is 9.90. The molecule has 1 aromatic heterocycles. The lowest BCUT2D eigenvalue weighted by molar-refractivity contribution is -0.189. The van der Waals surface area contributed by atoms with Gasteiger partial charge in [0.2, 0.25) is 0 Å². The summed E-state index contributed by atoms with van der Waals surface area (Å²) in [5.74, 6) is -10.0. The van der Waals surface area contributed by atoms with Gasteiger partial charge in [0.05, 0.1) is 10.2 Å². The number of alkyl halides is 2. The number of hydrogen-bond acceptors (Lipinski definition) is 4. The van der Waals surface area contributed by atoms with E-state index in [9.17, 15) is 26.3 Å². The Morgan fingerprint density at radius 1 is 0.956 bits per heavy atom. The lowest BCUT2D eigenvalue weighted by Gasteiger charge is -2.20. The molecule has 5 aromatic rings. The van der Waals surface area contributed by atoms with E-state index >= 15 is 4.39 Å². The molecule has 0 N–H and O–H groups in total. The number of fused-ring (bicyclic) bond motifs is 2. The van der Waals surface area contributed by atoms with E-state index < -0.39 is 51.9 Å². The summed E-state index contributed by atoms with van der Waals surface area (Å²) >= 11 is 1.49. The second-order valence-corrected chi connectivity index (χ2v) is 10.9. The van der Waals surface area contributed by atoms with Crippen LogP contribution in [0.2, 0.25) is 0 Å². The molecule has 1 heterocycles. The van der Waals surface area contributed by atoms with Crippen LogP contribution >= 0.6 is 11.3 Å². The van der Waals surface area contributed by atoms with Gasteiger partial charge in [-0.1, -0.05) is 24.3 Å². The van der Waals surface area contributed by atoms with Crippen LogP contribution in [0.3, 0.4) is 0 Å². The minimum absolute atomic E-state index is 0.0861. The van der Waals surface area contributed by atoms with Crippen molar-refractivity contribution in [1.82, 2.24) is 4.98 Å². The standard InChI is InChI=1S/C33H22F7N3OS/c1-4-5-6-18-7-10-26-27(11-18)45-32(43-26)17(2)16-42-31(41-3)19-8-9-22-20(12-19)13-23(34)28(29(22)37)33(39,40)44-21-14-24(35)30(38)25(36)15-21/h4,7-16H,1,3,5-6H2,2H3/b17-16+,42-31?. The molecule has 5 rings (SSSR count). The number of aryl methyl sites for hydroxylation is 1. The van der Waals surface area contributed by atoms with Gasteiger partial charge in [0.15, 0.2) is 23.3 Å². The van der Waals surface area contributed by atoms with E-state index in [0.29, 0.717) is 6.07 Å². The SMILES string of the molecule is C=CCCc1ccc2nc(/C(C)=C/N=C(N=C)c3ccc4c(F)c(C(F)(F)Oc5cc(F)c(F)c(F)c5)c(F)cc4c3)sc2c1. The predicted molar refractivity (Wildman–Crippen MR) is 163 cm³/mol. The van der Waals surface area contributed by atoms with Gasteiger partial charge in [0.1, 0.15) is 28.0 Å². The van der Waals surface area contributed by atoms with Gasteiger partial charge >= 0.3 is 6.11 Å². The molecule has 0 amide bonds. The number of nitrogens with zero attached hydrogens (tertiary/aromatic N) is 3. The molecular formula is C33H22F7N3OS. The van der Waals surface area contributed by atoms with Crippen molar-refractivity contribution in [2.24, 2.45) is 9.98 Å². The topological polar surface area (TPSA) is 46.8 Å². The molecule has 0 saturated heterocycles. The minimum Gasteiger partial charge on any atom is -0.429 e. The summed E-state index contributed by atoms with van der Waals surface area (Å²) in [5, 5.41) is 0.200. The van der Waals surface area contributed by atoms with Gasteiger partial charge < -0.3 is 4.74 Å². The van der Waals surface area contributed by atoms with Crippen LogP contribution in [0.25, 0.3) is 26.6 Å². The van der Waals surface area contributed by atoms with Gasteiger partial charge in [-0.3, -0.25) is 0 Å². The number of thiazole rings is 1. The van der Waals surface area contributed by atoms with Crippen molar-refractivity contribution in [3.05, 3.63) is 124 Å². The highest BCUT2D eigenvalue weighted by atomic mass is 32.1. The third-order valence-corrected chi connectivity index (χ3v) is 7.89. The molecule has 4 aromatic carbocycles. The van der Waals surface area contributed by atoms with Gasteiger partial charge in [-0.2, -0.15) is 8.78 Å². The summed E-state index contributed by atoms with van der Waals surface area (Å²) in [6.45, 7) is 9.06. The van der Waals surface area contributed by atoms with E-state index in [4.69, 9.17) is 0 Å². The molecule has 0 aliphatic carbocycles. The smallest absolute Gasteiger partial charge is 0.429 e. The van der Waals surface area contributed by atoms with E-state index in [1.807, 2.05) is 25.1 Å². The molecule has 230 valence electrons. The average Bonchev–Trinajstić information content (AvgIpc) is 3.42. The summed E-state index contributed by atoms with van der Waals surface area (Å²) in [4.78, 5) is 12.9. The first-order valence-electron chi connectivity index (χ1n) is 13.3. The molecule has 12 heteroatoms. The Kier molecular flexibility index (Phi) is 8.87. The summed E-state index contributed by atoms with van der Waals surface area (Å²) in [5.41, 5.74) is 1.20. The third-order valence-electron chi connectivity index (χ3n) is 6.74. The highest BCUT2D eigenvalue weighted by molar-refractivity contribution is 7.19. The zero-order valence-electron chi connectivity index (χ0n) is 23.5. The summed E-state index contributed by atoms with van der Waals surface area (Å²) < 4.78 is 105. The zero-order valence-corrected chi connectivity index (χ0v) is 24.3. The highest BCUT2D eigenvalue weighted by Crippen LogP contribution is 2.38. The molecule has 0 aliphatic heterocycles. The molecule has 0 fully saturated rings. The van der Waals surface area contributed by atoms with Crippen molar-refractivity contribution >= 4 is 50.5 Å². The molecule has 0 radical (unpaired) electrons. The fraction of sp³-hybridized carbons (Fsp3) is 0.121. The molecule has 0 bridgehead atoms. The number of aliphatic imine (C=N–C) groups is 2. The molecule has 0 aliphatic rings. The number of halogens is 7. The van der Waals surface area contributed by atoms with Crippen molar-refractivity contribution < 1.29 is 35.5 Å². The number of allylic oxidation sites excluding steroid dienone is 2. The van der Waals surface area contributed by atoms with E-state index in [-0.39, 0.29) is 28.9 Å². The van der Waals surface area contributed by atoms with Crippen LogP contribution < -0.4 is 4.74 Å². The van der Waals surface area contributed by atoms with Gasteiger partial charge in [-0.25, -0.2) is 36.9 Å². The second kappa shape index (κ2) is 12.6. The second-order valence-electron chi connectivity index (χ2n) is 9.87. The minimum atomic E-state index is -4.72. The van der Waals surface area contributed by atoms with Crippen molar-refractivity contribution in [2.75, 3.05) is 0 Å². The largest absolute Gasteiger partial charge is 0.432 e. The maximum absolute atomic E-state index is 15.3. The Hall–Kier alpha value is -4.84. The average molecular weight is 642 g/mol. The van der Waals surface area contributed by atoms with Crippen LogP contribution in [0.1, 0.15) is 35.0 Å². The molecule has 0 atom stereocenters. The monoisotopic (exact) mass is 641 g/mol. The van der Waals surface area contributed by atoms with Gasteiger partial charge in [-0.05, 0) is 61.7 Å². The van der Waals surface area contributed by atoms with Crippen LogP contribution in [0.5, 0.6) is 5.75 Å². The summed E-state index contributed by atoms with van der Waals surface area (Å²) in [6, 6.07) is 10.7. The summed E-state index contributed by atoms with van der Waals surface area (Å²) in [6.07, 6.45) is 0.394. The van der Waals surface area contributed by atoms with E-state index in [0.717, 1.165) is 39.7 Å². The van der Waals surface area contributed by atoms with Gasteiger partial charge in [0.25, 0.3) is 0 Å². The zero-order chi connectivity index (χ0) is 32.5. The molecule has 0 unspecified atom stereocenters. The van der Waals surface area contributed by atoms with Gasteiger partial charge in [0, 0.05) is 34.9 Å². The first-order valence-corrected chi connectivity index (χ1v) is 14.1. The maximum Gasteiger partial charge on any atom is 0.432 e. The first kappa shape index (κ1) is 31.6. The van der Waals surface area contributed by atoms with Gasteiger partial charge in [-0.15, -0.1) is 17.9 Å². The number of aromatic nitrogens is 1. The van der Waals surface area contributed by atoms with Crippen molar-refractivity contribution in [3.63, 3.8) is 0 Å². The fourth-order valence-electron chi connectivity index (χ4n) is 4.51. The number of benzene rings is 4. The Bertz CT molecular complexity index is 2010. The van der Waals surface area contributed by atoms with Crippen LogP contribution in [-0.4, -0.2) is 17.5 Å². The summed E-state index contributed by atoms with van der Waals surface area (Å²) in [7, 11) is 0. The van der Waals surface area contributed by atoms with Crippen molar-refractivity contribution in [3.8, 4) is 5.75 Å². The third kappa shape index (κ3) is 6.51. The lowest BCUT2D eigenvalue weighted by Crippen LogP contribution is -2.25. The maximum atomic E-state index is 15.3. The van der Waals surface area contributed by atoms with Crippen molar-refractivity contribution in [1.29, 1.82) is 0 Å². The molecule has 0 spiro atoms. The van der Waals surface area contributed by atoms with Crippen LogP contribution in [0.15, 0.2) is 83.4 Å². The van der Waals surface area contributed by atoms with E-state index in [1.165, 1.54) is 35.2 Å². The van der Waals surface area contributed by atoms with Crippen molar-refractivity contribution in [2.45, 2.75) is 25.9 Å². The number of ether oxygens (including phenoxy) is 1. The molecule has 4 nitrogen and oxygen atoms in total. The van der Waals surface area contributed by atoms with Crippen LogP contribution in [0, 0.1) is 29.1 Å². The van der Waals surface area contributed by atoms with Crippen LogP contribution in [0.4, 0.5) is 30.7 Å². The normalized spacial score (nSPS) is 12.6. The Labute approximate surface area is 256 Å². The highest BCUT2D eigenvalue weighted by Gasteiger charge is 2.42. The number of amidine groups is 1. The molecule has 45 heavy (non-hydrogen) atoms. The number of rotatable bonds is 9. The fourth-order valence-corrected chi connectivity index (χ4v) is 5.50. The Balaban J connectivity index is 1.44. The lowest BCUT2D eigenvalue weighted by atomic mass is 10.0. The van der Waals surface area contributed by atoms with E-state index in [2.05, 4.69) is 39.1 Å². The van der Waals surface area contributed by atoms with Crippen LogP contribution in [-0.2, 0) is 12.5 Å². The molecule has 0 saturated carbocycles. The molecular weight excluding hydrogens is 619 g/mol. The number of hydrogen-bond donors (Lipinski definition) is 0. The Morgan fingerprint density at radius 2 is 1.69 bits per heavy atom. The van der Waals surface area contributed by atoms with E-state index in [1.54, 1.807) is 0 Å².